The molecule has 1 aromatic rings. The van der Waals surface area contributed by atoms with E-state index < -0.39 is 11.7 Å². The summed E-state index contributed by atoms with van der Waals surface area (Å²) < 4.78 is 13.7. The molecule has 1 N–H and O–H groups in total. The third-order valence-corrected chi connectivity index (χ3v) is 4.89. The van der Waals surface area contributed by atoms with E-state index in [9.17, 15) is 9.18 Å². The van der Waals surface area contributed by atoms with Crippen LogP contribution in [0.15, 0.2) is 18.2 Å². The average molecular weight is 297 g/mol. The van der Waals surface area contributed by atoms with Crippen molar-refractivity contribution in [3.05, 3.63) is 34.6 Å². The third-order valence-electron chi connectivity index (χ3n) is 4.58. The predicted molar refractivity (Wildman–Crippen MR) is 76.5 cm³/mol. The van der Waals surface area contributed by atoms with E-state index in [1.165, 1.54) is 31.0 Å². The lowest BCUT2D eigenvalue weighted by atomic mass is 9.94. The van der Waals surface area contributed by atoms with Gasteiger partial charge >= 0.3 is 0 Å². The summed E-state index contributed by atoms with van der Waals surface area (Å²) in [5.74, 6) is -0.983. The first kappa shape index (κ1) is 13.8. The predicted octanol–water partition coefficient (Wildman–Crippen LogP) is 2.84. The number of hydrogen-bond donors (Lipinski definition) is 1. The normalized spacial score (nSPS) is 20.9. The van der Waals surface area contributed by atoms with Gasteiger partial charge in [-0.3, -0.25) is 9.69 Å². The van der Waals surface area contributed by atoms with Crippen LogP contribution in [0.1, 0.15) is 36.0 Å². The second-order valence-corrected chi connectivity index (χ2v) is 6.11. The van der Waals surface area contributed by atoms with Crippen LogP contribution in [0.3, 0.4) is 0 Å². The van der Waals surface area contributed by atoms with Gasteiger partial charge in [0.1, 0.15) is 5.82 Å². The summed E-state index contributed by atoms with van der Waals surface area (Å²) in [5.41, 5.74) is 0.0426. The monoisotopic (exact) mass is 296 g/mol. The molecule has 3 rings (SSSR count). The van der Waals surface area contributed by atoms with Gasteiger partial charge in [0.05, 0.1) is 10.6 Å². The number of carbonyl (C=O) groups is 1. The van der Waals surface area contributed by atoms with Crippen molar-refractivity contribution >= 4 is 17.5 Å². The van der Waals surface area contributed by atoms with Crippen LogP contribution in [0.5, 0.6) is 0 Å². The van der Waals surface area contributed by atoms with E-state index in [2.05, 4.69) is 10.2 Å². The number of amides is 1. The Morgan fingerprint density at radius 1 is 1.35 bits per heavy atom. The van der Waals surface area contributed by atoms with Gasteiger partial charge in [-0.2, -0.15) is 0 Å². The molecule has 0 bridgehead atoms. The fourth-order valence-corrected chi connectivity index (χ4v) is 3.81. The molecule has 2 saturated heterocycles. The van der Waals surface area contributed by atoms with E-state index in [1.54, 1.807) is 0 Å². The number of halogens is 2. The van der Waals surface area contributed by atoms with Crippen molar-refractivity contribution in [1.82, 2.24) is 10.2 Å². The van der Waals surface area contributed by atoms with Gasteiger partial charge in [-0.25, -0.2) is 4.39 Å². The Kier molecular flexibility index (Phi) is 3.69. The van der Waals surface area contributed by atoms with Crippen LogP contribution in [0.25, 0.3) is 0 Å². The highest BCUT2D eigenvalue weighted by molar-refractivity contribution is 6.33. The lowest BCUT2D eigenvalue weighted by Crippen LogP contribution is -2.48. The molecule has 2 heterocycles. The van der Waals surface area contributed by atoms with Gasteiger partial charge in [-0.05, 0) is 50.9 Å². The number of benzene rings is 1. The molecule has 0 aliphatic carbocycles. The number of nitrogens with one attached hydrogen (secondary N) is 1. The summed E-state index contributed by atoms with van der Waals surface area (Å²) in [6.45, 7) is 2.79. The van der Waals surface area contributed by atoms with E-state index in [0.29, 0.717) is 6.54 Å². The Morgan fingerprint density at radius 2 is 2.05 bits per heavy atom. The molecule has 3 nitrogen and oxygen atoms in total. The second-order valence-electron chi connectivity index (χ2n) is 5.70. The lowest BCUT2D eigenvalue weighted by molar-refractivity contribution is 0.0915. The maximum absolute atomic E-state index is 13.7. The van der Waals surface area contributed by atoms with Gasteiger partial charge in [0.15, 0.2) is 0 Å². The lowest BCUT2D eigenvalue weighted by Gasteiger charge is -2.32. The first-order valence-corrected chi connectivity index (χ1v) is 7.47. The van der Waals surface area contributed by atoms with Gasteiger partial charge in [0.2, 0.25) is 0 Å². The minimum absolute atomic E-state index is 0.0480. The Labute approximate surface area is 123 Å². The molecule has 0 radical (unpaired) electrons. The number of carbonyl (C=O) groups excluding carboxylic acids is 1. The Hall–Kier alpha value is -1.13. The zero-order chi connectivity index (χ0) is 14.2. The maximum atomic E-state index is 13.7. The molecule has 2 aliphatic heterocycles. The quantitative estimate of drug-likeness (QED) is 0.930. The Balaban J connectivity index is 1.71. The molecule has 0 spiro atoms. The number of nitrogens with zero attached hydrogens (tertiary/aromatic N) is 1. The molecular formula is C15H18ClFN2O. The Bertz CT molecular complexity index is 504. The first-order chi connectivity index (χ1) is 9.62. The van der Waals surface area contributed by atoms with Crippen LogP contribution >= 0.6 is 11.6 Å². The number of fused-ring (bicyclic) bond motifs is 1. The van der Waals surface area contributed by atoms with E-state index in [1.807, 2.05) is 0 Å². The molecule has 108 valence electrons. The van der Waals surface area contributed by atoms with Crippen molar-refractivity contribution in [1.29, 1.82) is 0 Å². The van der Waals surface area contributed by atoms with Crippen molar-refractivity contribution in [2.45, 2.75) is 31.2 Å². The van der Waals surface area contributed by atoms with Crippen molar-refractivity contribution < 1.29 is 9.18 Å². The average Bonchev–Trinajstić information content (AvgIpc) is 2.95. The molecule has 0 unspecified atom stereocenters. The molecule has 2 aliphatic rings. The van der Waals surface area contributed by atoms with Crippen LogP contribution < -0.4 is 5.32 Å². The van der Waals surface area contributed by atoms with E-state index >= 15 is 0 Å². The standard InChI is InChI=1S/C15H18ClFN2O/c16-11-4-1-5-12(17)13(11)14(20)18-10-15-6-2-8-19(15)9-3-7-15/h1,4-5H,2-3,6-10H2,(H,18,20). The minimum Gasteiger partial charge on any atom is -0.350 e. The van der Waals surface area contributed by atoms with E-state index in [0.717, 1.165) is 25.9 Å². The van der Waals surface area contributed by atoms with Crippen LogP contribution in [0.4, 0.5) is 4.39 Å². The summed E-state index contributed by atoms with van der Waals surface area (Å²) in [4.78, 5) is 14.6. The minimum atomic E-state index is -0.567. The van der Waals surface area contributed by atoms with E-state index in [-0.39, 0.29) is 16.1 Å². The fraction of sp³-hybridized carbons (Fsp3) is 0.533. The molecule has 20 heavy (non-hydrogen) atoms. The van der Waals surface area contributed by atoms with Crippen molar-refractivity contribution in [3.8, 4) is 0 Å². The highest BCUT2D eigenvalue weighted by atomic mass is 35.5. The van der Waals surface area contributed by atoms with Crippen LogP contribution in [0, 0.1) is 5.82 Å². The van der Waals surface area contributed by atoms with Gasteiger partial charge in [-0.1, -0.05) is 17.7 Å². The van der Waals surface area contributed by atoms with Gasteiger partial charge < -0.3 is 5.32 Å². The number of hydrogen-bond acceptors (Lipinski definition) is 2. The van der Waals surface area contributed by atoms with E-state index in [4.69, 9.17) is 11.6 Å². The van der Waals surface area contributed by atoms with Crippen molar-refractivity contribution in [2.75, 3.05) is 19.6 Å². The summed E-state index contributed by atoms with van der Waals surface area (Å²) in [5, 5.41) is 3.04. The first-order valence-electron chi connectivity index (χ1n) is 7.10. The number of rotatable bonds is 3. The summed E-state index contributed by atoms with van der Waals surface area (Å²) in [6.07, 6.45) is 4.57. The van der Waals surface area contributed by atoms with Crippen LogP contribution in [0.2, 0.25) is 5.02 Å². The smallest absolute Gasteiger partial charge is 0.255 e. The van der Waals surface area contributed by atoms with Crippen molar-refractivity contribution in [2.24, 2.45) is 0 Å². The second kappa shape index (κ2) is 5.34. The van der Waals surface area contributed by atoms with Crippen molar-refractivity contribution in [3.63, 3.8) is 0 Å². The highest BCUT2D eigenvalue weighted by Crippen LogP contribution is 2.38. The Morgan fingerprint density at radius 3 is 2.70 bits per heavy atom. The molecular weight excluding hydrogens is 279 g/mol. The molecule has 5 heteroatoms. The summed E-state index contributed by atoms with van der Waals surface area (Å²) in [6, 6.07) is 4.30. The van der Waals surface area contributed by atoms with Gasteiger partial charge in [0, 0.05) is 12.1 Å². The molecule has 0 saturated carbocycles. The molecule has 0 atom stereocenters. The topological polar surface area (TPSA) is 32.3 Å². The fourth-order valence-electron chi connectivity index (χ4n) is 3.56. The molecule has 1 aromatic carbocycles. The van der Waals surface area contributed by atoms with Crippen LogP contribution in [-0.2, 0) is 0 Å². The molecule has 1 amide bonds. The SMILES string of the molecule is O=C(NCC12CCCN1CCC2)c1c(F)cccc1Cl. The zero-order valence-electron chi connectivity index (χ0n) is 11.3. The third kappa shape index (κ3) is 2.31. The maximum Gasteiger partial charge on any atom is 0.255 e. The highest BCUT2D eigenvalue weighted by Gasteiger charge is 2.44. The summed E-state index contributed by atoms with van der Waals surface area (Å²) in [7, 11) is 0. The van der Waals surface area contributed by atoms with Gasteiger partial charge in [0.25, 0.3) is 5.91 Å². The van der Waals surface area contributed by atoms with Crippen LogP contribution in [-0.4, -0.2) is 36.0 Å². The molecule has 2 fully saturated rings. The zero-order valence-corrected chi connectivity index (χ0v) is 12.0. The summed E-state index contributed by atoms with van der Waals surface area (Å²) >= 11 is 5.92. The van der Waals surface area contributed by atoms with Gasteiger partial charge in [-0.15, -0.1) is 0 Å². The largest absolute Gasteiger partial charge is 0.350 e. The molecule has 0 aromatic heterocycles.